The summed E-state index contributed by atoms with van der Waals surface area (Å²) >= 11 is 0. The van der Waals surface area contributed by atoms with Gasteiger partial charge in [-0.15, -0.1) is 11.1 Å². The maximum Gasteiger partial charge on any atom is 0.422 e. The Bertz CT molecular complexity index is 86.4. The Hall–Kier alpha value is -0.850. The normalized spacial score (nSPS) is 8.67. The van der Waals surface area contributed by atoms with Crippen LogP contribution >= 0.6 is 0 Å². The minimum absolute atomic E-state index is 0.598. The molecule has 0 spiro atoms. The predicted molar refractivity (Wildman–Crippen MR) is 28.8 cm³/mol. The average molecular weight is 135 g/mol. The van der Waals surface area contributed by atoms with Crippen LogP contribution in [0.15, 0.2) is 0 Å². The molecule has 0 aliphatic heterocycles. The molecular formula is C3H9N3O3. The van der Waals surface area contributed by atoms with E-state index in [-0.39, 0.29) is 0 Å². The van der Waals surface area contributed by atoms with Gasteiger partial charge in [0.1, 0.15) is 0 Å². The summed E-state index contributed by atoms with van der Waals surface area (Å²) in [7, 11) is 2.65. The highest BCUT2D eigenvalue weighted by Gasteiger charge is 1.92. The lowest BCUT2D eigenvalue weighted by molar-refractivity contribution is 0.0404. The van der Waals surface area contributed by atoms with Gasteiger partial charge in [0.05, 0.1) is 14.2 Å². The van der Waals surface area contributed by atoms with E-state index in [1.54, 1.807) is 0 Å². The van der Waals surface area contributed by atoms with Crippen molar-refractivity contribution in [1.82, 2.24) is 16.5 Å². The number of nitrogens with one attached hydrogen (secondary N) is 3. The molecule has 6 heteroatoms. The van der Waals surface area contributed by atoms with Crippen LogP contribution in [0, 0.1) is 0 Å². The second-order valence-corrected chi connectivity index (χ2v) is 1.05. The van der Waals surface area contributed by atoms with Gasteiger partial charge in [-0.3, -0.25) is 4.84 Å². The Morgan fingerprint density at radius 1 is 1.44 bits per heavy atom. The molecule has 0 aromatic rings. The summed E-state index contributed by atoms with van der Waals surface area (Å²) in [6.45, 7) is 0. The second-order valence-electron chi connectivity index (χ2n) is 1.05. The molecule has 0 bridgehead atoms. The predicted octanol–water partition coefficient (Wildman–Crippen LogP) is -1.09. The molecule has 0 aliphatic rings. The van der Waals surface area contributed by atoms with Crippen LogP contribution in [0.2, 0.25) is 0 Å². The Balaban J connectivity index is 2.97. The standard InChI is InChI=1S/C3H9N3O3/c1-8-3(7)4-5-6-9-2/h5-6H,1-2H3,(H,4,7). The number of methoxy groups -OCH3 is 1. The summed E-state index contributed by atoms with van der Waals surface area (Å²) in [5, 5.41) is 0. The maximum absolute atomic E-state index is 10.2. The molecule has 1 amide bonds. The van der Waals surface area contributed by atoms with Crippen LogP contribution in [-0.4, -0.2) is 20.3 Å². The van der Waals surface area contributed by atoms with Crippen molar-refractivity contribution in [3.8, 4) is 0 Å². The molecule has 0 heterocycles. The summed E-state index contributed by atoms with van der Waals surface area (Å²) in [6.07, 6.45) is -0.598. The van der Waals surface area contributed by atoms with Crippen LogP contribution in [0.1, 0.15) is 0 Å². The van der Waals surface area contributed by atoms with E-state index < -0.39 is 6.09 Å². The van der Waals surface area contributed by atoms with Crippen LogP contribution in [0.4, 0.5) is 4.79 Å². The van der Waals surface area contributed by atoms with Gasteiger partial charge in [-0.25, -0.2) is 10.2 Å². The molecule has 0 saturated carbocycles. The number of rotatable bonds is 3. The molecular weight excluding hydrogens is 126 g/mol. The Morgan fingerprint density at radius 3 is 2.56 bits per heavy atom. The van der Waals surface area contributed by atoms with E-state index in [1.807, 2.05) is 0 Å². The van der Waals surface area contributed by atoms with E-state index in [2.05, 4.69) is 26.1 Å². The molecule has 0 aliphatic carbocycles. The van der Waals surface area contributed by atoms with Gasteiger partial charge in [-0.05, 0) is 0 Å². The summed E-state index contributed by atoms with van der Waals surface area (Å²) in [5.74, 6) is 0. The minimum atomic E-state index is -0.598. The zero-order valence-corrected chi connectivity index (χ0v) is 5.22. The first kappa shape index (κ1) is 8.15. The lowest BCUT2D eigenvalue weighted by Crippen LogP contribution is -2.45. The highest BCUT2D eigenvalue weighted by molar-refractivity contribution is 5.66. The highest BCUT2D eigenvalue weighted by Crippen LogP contribution is 1.62. The first-order chi connectivity index (χ1) is 4.31. The fraction of sp³-hybridized carbons (Fsp3) is 0.667. The van der Waals surface area contributed by atoms with Crippen LogP contribution in [0.3, 0.4) is 0 Å². The molecule has 0 rings (SSSR count). The zero-order chi connectivity index (χ0) is 7.11. The van der Waals surface area contributed by atoms with Gasteiger partial charge in [0.25, 0.3) is 0 Å². The van der Waals surface area contributed by atoms with Crippen LogP contribution in [0.25, 0.3) is 0 Å². The first-order valence-corrected chi connectivity index (χ1v) is 2.18. The summed E-state index contributed by atoms with van der Waals surface area (Å²) < 4.78 is 4.19. The van der Waals surface area contributed by atoms with Gasteiger partial charge in [-0.1, -0.05) is 0 Å². The topological polar surface area (TPSA) is 71.6 Å². The number of amides is 1. The zero-order valence-electron chi connectivity index (χ0n) is 5.22. The largest absolute Gasteiger partial charge is 0.452 e. The molecule has 0 aromatic carbocycles. The minimum Gasteiger partial charge on any atom is -0.452 e. The van der Waals surface area contributed by atoms with Crippen molar-refractivity contribution >= 4 is 6.09 Å². The molecule has 54 valence electrons. The van der Waals surface area contributed by atoms with Gasteiger partial charge >= 0.3 is 6.09 Å². The van der Waals surface area contributed by atoms with E-state index in [9.17, 15) is 4.79 Å². The lowest BCUT2D eigenvalue weighted by atomic mass is 11.2. The van der Waals surface area contributed by atoms with Gasteiger partial charge in [0.2, 0.25) is 0 Å². The lowest BCUT2D eigenvalue weighted by Gasteiger charge is -2.03. The maximum atomic E-state index is 10.2. The van der Waals surface area contributed by atoms with Crippen molar-refractivity contribution in [3.63, 3.8) is 0 Å². The van der Waals surface area contributed by atoms with Crippen LogP contribution in [-0.2, 0) is 9.57 Å². The second kappa shape index (κ2) is 5.29. The molecule has 9 heavy (non-hydrogen) atoms. The Morgan fingerprint density at radius 2 is 2.11 bits per heavy atom. The number of carbonyl (C=O) groups excluding carboxylic acids is 1. The third-order valence-corrected chi connectivity index (χ3v) is 0.503. The molecule has 0 fully saturated rings. The van der Waals surface area contributed by atoms with Gasteiger partial charge in [0, 0.05) is 0 Å². The van der Waals surface area contributed by atoms with E-state index in [1.165, 1.54) is 14.2 Å². The first-order valence-electron chi connectivity index (χ1n) is 2.18. The third kappa shape index (κ3) is 5.01. The molecule has 0 atom stereocenters. The smallest absolute Gasteiger partial charge is 0.422 e. The summed E-state index contributed by atoms with van der Waals surface area (Å²) in [4.78, 5) is 14.5. The van der Waals surface area contributed by atoms with Crippen molar-refractivity contribution in [2.45, 2.75) is 0 Å². The van der Waals surface area contributed by atoms with Gasteiger partial charge < -0.3 is 4.74 Å². The molecule has 6 nitrogen and oxygen atoms in total. The monoisotopic (exact) mass is 135 g/mol. The number of ether oxygens (including phenoxy) is 1. The molecule has 0 unspecified atom stereocenters. The average Bonchev–Trinajstić information content (AvgIpc) is 1.89. The number of hydrogen-bond acceptors (Lipinski definition) is 5. The number of carbonyl (C=O) groups is 1. The van der Waals surface area contributed by atoms with Crippen molar-refractivity contribution in [1.29, 1.82) is 0 Å². The van der Waals surface area contributed by atoms with Gasteiger partial charge in [0.15, 0.2) is 0 Å². The highest BCUT2D eigenvalue weighted by atomic mass is 16.7. The number of hydrogen-bond donors (Lipinski definition) is 3. The molecule has 0 saturated heterocycles. The SMILES string of the molecule is CONNNC(=O)OC. The fourth-order valence-corrected chi connectivity index (χ4v) is 0.179. The number of hydrazine groups is 2. The molecule has 3 N–H and O–H groups in total. The van der Waals surface area contributed by atoms with E-state index in [0.717, 1.165) is 0 Å². The molecule has 0 aromatic heterocycles. The van der Waals surface area contributed by atoms with E-state index >= 15 is 0 Å². The fourth-order valence-electron chi connectivity index (χ4n) is 0.179. The van der Waals surface area contributed by atoms with Crippen molar-refractivity contribution in [3.05, 3.63) is 0 Å². The summed E-state index contributed by atoms with van der Waals surface area (Å²) in [5.41, 5.74) is 6.43. The molecule has 0 radical (unpaired) electrons. The van der Waals surface area contributed by atoms with Crippen molar-refractivity contribution < 1.29 is 14.4 Å². The van der Waals surface area contributed by atoms with E-state index in [0.29, 0.717) is 0 Å². The summed E-state index contributed by atoms with van der Waals surface area (Å²) in [6, 6.07) is 0. The van der Waals surface area contributed by atoms with E-state index in [4.69, 9.17) is 0 Å². The third-order valence-electron chi connectivity index (χ3n) is 0.503. The van der Waals surface area contributed by atoms with Crippen molar-refractivity contribution in [2.75, 3.05) is 14.2 Å². The quantitative estimate of drug-likeness (QED) is 0.339. The Labute approximate surface area is 52.4 Å². The van der Waals surface area contributed by atoms with Crippen molar-refractivity contribution in [2.24, 2.45) is 0 Å². The van der Waals surface area contributed by atoms with Crippen LogP contribution in [0.5, 0.6) is 0 Å². The van der Waals surface area contributed by atoms with Crippen LogP contribution < -0.4 is 16.5 Å². The van der Waals surface area contributed by atoms with Gasteiger partial charge in [-0.2, -0.15) is 0 Å². The Kier molecular flexibility index (Phi) is 4.79.